The fourth-order valence-electron chi connectivity index (χ4n) is 3.63. The number of carbonyl (C=O) groups is 4. The van der Waals surface area contributed by atoms with Gasteiger partial charge in [-0.1, -0.05) is 23.7 Å². The van der Waals surface area contributed by atoms with Crippen molar-refractivity contribution in [1.82, 2.24) is 10.2 Å². The third-order valence-corrected chi connectivity index (χ3v) is 5.44. The molecule has 10 heteroatoms. The molecule has 4 rings (SSSR count). The summed E-state index contributed by atoms with van der Waals surface area (Å²) >= 11 is 5.94. The van der Waals surface area contributed by atoms with Gasteiger partial charge in [0.1, 0.15) is 13.2 Å². The molecule has 0 bridgehead atoms. The Kier molecular flexibility index (Phi) is 6.32. The van der Waals surface area contributed by atoms with Gasteiger partial charge >= 0.3 is 18.0 Å². The number of amides is 3. The summed E-state index contributed by atoms with van der Waals surface area (Å²) in [6, 6.07) is 11.7. The maximum absolute atomic E-state index is 12.8. The van der Waals surface area contributed by atoms with Gasteiger partial charge in [0.2, 0.25) is 5.91 Å². The lowest BCUT2D eigenvalue weighted by molar-refractivity contribution is -0.136. The smallest absolute Gasteiger partial charge is 0.338 e. The highest BCUT2D eigenvalue weighted by molar-refractivity contribution is 6.30. The zero-order valence-corrected chi connectivity index (χ0v) is 18.3. The summed E-state index contributed by atoms with van der Waals surface area (Å²) in [5, 5.41) is 5.96. The Bertz CT molecular complexity index is 1140. The number of carbonyl (C=O) groups excluding carboxylic acids is 4. The van der Waals surface area contributed by atoms with Crippen LogP contribution < -0.4 is 10.6 Å². The number of esters is 2. The first-order valence-corrected chi connectivity index (χ1v) is 10.6. The minimum Gasteiger partial charge on any atom is -0.462 e. The lowest BCUT2D eigenvalue weighted by Gasteiger charge is -2.32. The van der Waals surface area contributed by atoms with E-state index in [0.717, 1.165) is 0 Å². The van der Waals surface area contributed by atoms with Crippen LogP contribution in [0, 0.1) is 0 Å². The Hall–Kier alpha value is -3.85. The number of halogens is 1. The van der Waals surface area contributed by atoms with Crippen LogP contribution in [-0.4, -0.2) is 48.5 Å². The van der Waals surface area contributed by atoms with Crippen molar-refractivity contribution in [2.24, 2.45) is 0 Å². The van der Waals surface area contributed by atoms with Crippen molar-refractivity contribution in [3.63, 3.8) is 0 Å². The monoisotopic (exact) mass is 469 g/mol. The van der Waals surface area contributed by atoms with Crippen LogP contribution in [0.3, 0.4) is 0 Å². The second kappa shape index (κ2) is 9.33. The quantitative estimate of drug-likeness (QED) is 0.628. The first-order chi connectivity index (χ1) is 15.9. The van der Waals surface area contributed by atoms with E-state index >= 15 is 0 Å². The third kappa shape index (κ3) is 4.68. The maximum Gasteiger partial charge on any atom is 0.338 e. The highest BCUT2D eigenvalue weighted by Gasteiger charge is 2.42. The van der Waals surface area contributed by atoms with Gasteiger partial charge in [-0.05, 0) is 48.9 Å². The molecule has 0 spiro atoms. The van der Waals surface area contributed by atoms with Gasteiger partial charge in [-0.2, -0.15) is 0 Å². The number of cyclic esters (lactones) is 1. The number of nitrogens with zero attached hydrogens (tertiary/aromatic N) is 1. The molecular weight excluding hydrogens is 450 g/mol. The summed E-state index contributed by atoms with van der Waals surface area (Å²) < 4.78 is 10.1. The van der Waals surface area contributed by atoms with Crippen LogP contribution in [-0.2, 0) is 19.1 Å². The van der Waals surface area contributed by atoms with Crippen molar-refractivity contribution in [1.29, 1.82) is 0 Å². The molecule has 0 aromatic heterocycles. The number of rotatable bonds is 6. The Balaban J connectivity index is 1.50. The maximum atomic E-state index is 12.8. The summed E-state index contributed by atoms with van der Waals surface area (Å²) in [6.07, 6.45) is 0. The lowest BCUT2D eigenvalue weighted by Crippen LogP contribution is -2.49. The van der Waals surface area contributed by atoms with Crippen molar-refractivity contribution in [3.8, 4) is 0 Å². The Morgan fingerprint density at radius 3 is 2.52 bits per heavy atom. The molecule has 0 saturated heterocycles. The Morgan fingerprint density at radius 1 is 1.15 bits per heavy atom. The number of nitrogens with one attached hydrogen (secondary N) is 2. The Labute approximate surface area is 194 Å². The van der Waals surface area contributed by atoms with Crippen molar-refractivity contribution in [2.45, 2.75) is 13.0 Å². The molecule has 0 saturated carbocycles. The van der Waals surface area contributed by atoms with Crippen LogP contribution in [0.15, 0.2) is 59.8 Å². The molecule has 1 unspecified atom stereocenters. The molecule has 9 nitrogen and oxygen atoms in total. The fourth-order valence-corrected chi connectivity index (χ4v) is 3.76. The van der Waals surface area contributed by atoms with Gasteiger partial charge in [0.15, 0.2) is 0 Å². The van der Waals surface area contributed by atoms with E-state index in [-0.39, 0.29) is 25.3 Å². The fraction of sp³-hybridized carbons (Fsp3) is 0.217. The van der Waals surface area contributed by atoms with Crippen LogP contribution in [0.2, 0.25) is 5.02 Å². The molecule has 33 heavy (non-hydrogen) atoms. The van der Waals surface area contributed by atoms with Crippen molar-refractivity contribution < 1.29 is 28.7 Å². The molecule has 3 amide bonds. The van der Waals surface area contributed by atoms with Gasteiger partial charge in [-0.25, -0.2) is 14.4 Å². The topological polar surface area (TPSA) is 114 Å². The number of benzene rings is 2. The van der Waals surface area contributed by atoms with Gasteiger partial charge in [-0.3, -0.25) is 9.69 Å². The molecular formula is C23H20ClN3O6. The molecule has 2 aliphatic rings. The number of hydrogen-bond donors (Lipinski definition) is 2. The zero-order chi connectivity index (χ0) is 23.5. The van der Waals surface area contributed by atoms with Crippen LogP contribution in [0.5, 0.6) is 0 Å². The summed E-state index contributed by atoms with van der Waals surface area (Å²) in [5.41, 5.74) is 2.09. The predicted molar refractivity (Wildman–Crippen MR) is 118 cm³/mol. The number of hydrogen-bond acceptors (Lipinski definition) is 6. The highest BCUT2D eigenvalue weighted by atomic mass is 35.5. The standard InChI is InChI=1S/C23H20ClN3O6/c1-2-32-21(29)14-5-9-16(10-6-14)25-18(28)11-27-17-12-33-22(30)19(17)20(26-23(27)31)13-3-7-15(24)8-4-13/h3-10,20H,2,11-12H2,1H3,(H,25,28)(H,26,31). The minimum atomic E-state index is -0.700. The molecule has 2 aromatic rings. The second-order valence-electron chi connectivity index (χ2n) is 7.30. The van der Waals surface area contributed by atoms with Crippen LogP contribution in [0.25, 0.3) is 0 Å². The first kappa shape index (κ1) is 22.3. The molecule has 0 aliphatic carbocycles. The van der Waals surface area contributed by atoms with Crippen LogP contribution in [0.1, 0.15) is 28.9 Å². The van der Waals surface area contributed by atoms with E-state index < -0.39 is 29.9 Å². The summed E-state index contributed by atoms with van der Waals surface area (Å²) in [4.78, 5) is 50.8. The minimum absolute atomic E-state index is 0.104. The molecule has 2 aromatic carbocycles. The molecule has 0 radical (unpaired) electrons. The average molecular weight is 470 g/mol. The van der Waals surface area contributed by atoms with Gasteiger partial charge in [-0.15, -0.1) is 0 Å². The molecule has 2 N–H and O–H groups in total. The van der Waals surface area contributed by atoms with E-state index in [4.69, 9.17) is 21.1 Å². The van der Waals surface area contributed by atoms with Crippen LogP contribution in [0.4, 0.5) is 10.5 Å². The average Bonchev–Trinajstić information content (AvgIpc) is 3.18. The Morgan fingerprint density at radius 2 is 1.85 bits per heavy atom. The summed E-state index contributed by atoms with van der Waals surface area (Å²) in [5.74, 6) is -1.49. The predicted octanol–water partition coefficient (Wildman–Crippen LogP) is 3.03. The van der Waals surface area contributed by atoms with Gasteiger partial charge in [0.25, 0.3) is 0 Å². The highest BCUT2D eigenvalue weighted by Crippen LogP contribution is 2.35. The van der Waals surface area contributed by atoms with Gasteiger partial charge < -0.3 is 20.1 Å². The van der Waals surface area contributed by atoms with E-state index in [1.54, 1.807) is 43.3 Å². The van der Waals surface area contributed by atoms with E-state index in [2.05, 4.69) is 10.6 Å². The van der Waals surface area contributed by atoms with Gasteiger partial charge in [0, 0.05) is 10.7 Å². The molecule has 2 heterocycles. The van der Waals surface area contributed by atoms with E-state index in [1.165, 1.54) is 17.0 Å². The van der Waals surface area contributed by atoms with E-state index in [1.807, 2.05) is 0 Å². The largest absolute Gasteiger partial charge is 0.462 e. The normalized spacial score (nSPS) is 17.3. The summed E-state index contributed by atoms with van der Waals surface area (Å²) in [6.45, 7) is 1.55. The zero-order valence-electron chi connectivity index (χ0n) is 17.6. The van der Waals surface area contributed by atoms with Crippen molar-refractivity contribution in [2.75, 3.05) is 25.1 Å². The van der Waals surface area contributed by atoms with Crippen molar-refractivity contribution in [3.05, 3.63) is 76.0 Å². The molecule has 0 fully saturated rings. The van der Waals surface area contributed by atoms with Crippen molar-refractivity contribution >= 4 is 41.2 Å². The molecule has 1 atom stereocenters. The number of anilines is 1. The van der Waals surface area contributed by atoms with E-state index in [9.17, 15) is 19.2 Å². The second-order valence-corrected chi connectivity index (χ2v) is 7.74. The molecule has 2 aliphatic heterocycles. The van der Waals surface area contributed by atoms with E-state index in [0.29, 0.717) is 27.5 Å². The lowest BCUT2D eigenvalue weighted by atomic mass is 9.96. The SMILES string of the molecule is CCOC(=O)c1ccc(NC(=O)CN2C(=O)NC(c3ccc(Cl)cc3)C3=C2COC3=O)cc1. The van der Waals surface area contributed by atoms with Gasteiger partial charge in [0.05, 0.1) is 29.5 Å². The third-order valence-electron chi connectivity index (χ3n) is 5.18. The van der Waals surface area contributed by atoms with Crippen LogP contribution >= 0.6 is 11.6 Å². The molecule has 170 valence electrons. The first-order valence-electron chi connectivity index (χ1n) is 10.2. The number of urea groups is 1. The number of ether oxygens (including phenoxy) is 2. The summed E-state index contributed by atoms with van der Waals surface area (Å²) in [7, 11) is 0.